The number of ether oxygens (including phenoxy) is 1. The van der Waals surface area contributed by atoms with Gasteiger partial charge in [-0.05, 0) is 64.2 Å². The molecule has 2 atom stereocenters. The number of carbonyl (C=O) groups is 2. The molecule has 0 saturated carbocycles. The summed E-state index contributed by atoms with van der Waals surface area (Å²) in [6.07, 6.45) is 76.1. The molecule has 2 unspecified atom stereocenters. The Bertz CT molecular complexity index is 1150. The van der Waals surface area contributed by atoms with Crippen LogP contribution >= 0.6 is 0 Å². The van der Waals surface area contributed by atoms with Crippen LogP contribution < -0.4 is 5.32 Å². The smallest absolute Gasteiger partial charge is 0.305 e. The fraction of sp³-hybridized carbons (Fsp3) is 0.877. The molecule has 0 bridgehead atoms. The van der Waals surface area contributed by atoms with Crippen molar-refractivity contribution in [3.05, 3.63) is 36.5 Å². The van der Waals surface area contributed by atoms with Crippen molar-refractivity contribution in [2.24, 2.45) is 0 Å². The minimum absolute atomic E-state index is 0.00103. The van der Waals surface area contributed by atoms with E-state index in [1.165, 1.54) is 263 Å². The van der Waals surface area contributed by atoms with Gasteiger partial charge in [-0.2, -0.15) is 0 Å². The SMILES string of the molecule is CCCCC/C=C\C/C=C\CCCCCCCCCCCC(=O)OCCCCCCCCCCCCCCCCCCCC(=O)NC(CO)C(O)/C=C/CCCCCCCCCCCCCCCCCC. The Morgan fingerprint density at radius 2 is 0.704 bits per heavy atom. The molecule has 0 radical (unpaired) electrons. The number of nitrogens with one attached hydrogen (secondary N) is 1. The Balaban J connectivity index is 3.43. The molecule has 1 amide bonds. The number of hydrogen-bond donors (Lipinski definition) is 3. The van der Waals surface area contributed by atoms with Crippen LogP contribution in [0, 0.1) is 0 Å². The van der Waals surface area contributed by atoms with Crippen LogP contribution in [0.3, 0.4) is 0 Å². The van der Waals surface area contributed by atoms with Crippen molar-refractivity contribution in [3.63, 3.8) is 0 Å². The van der Waals surface area contributed by atoms with Crippen LogP contribution in [0.4, 0.5) is 0 Å². The van der Waals surface area contributed by atoms with Crippen LogP contribution in [-0.2, 0) is 14.3 Å². The Morgan fingerprint density at radius 3 is 1.10 bits per heavy atom. The molecule has 0 aliphatic heterocycles. The van der Waals surface area contributed by atoms with E-state index >= 15 is 0 Å². The summed E-state index contributed by atoms with van der Waals surface area (Å²) in [5.41, 5.74) is 0. The second-order valence-electron chi connectivity index (χ2n) is 21.7. The second kappa shape index (κ2) is 60.6. The molecule has 0 aromatic heterocycles. The molecule has 6 heteroatoms. The summed E-state index contributed by atoms with van der Waals surface area (Å²) in [5, 5.41) is 23.2. The molecule has 0 spiro atoms. The van der Waals surface area contributed by atoms with Gasteiger partial charge in [0, 0.05) is 12.8 Å². The van der Waals surface area contributed by atoms with Crippen molar-refractivity contribution in [1.29, 1.82) is 0 Å². The van der Waals surface area contributed by atoms with E-state index in [2.05, 4.69) is 43.5 Å². The van der Waals surface area contributed by atoms with Gasteiger partial charge >= 0.3 is 5.97 Å². The second-order valence-corrected chi connectivity index (χ2v) is 21.7. The van der Waals surface area contributed by atoms with E-state index in [9.17, 15) is 19.8 Å². The fourth-order valence-corrected chi connectivity index (χ4v) is 9.78. The molecular formula is C65H123NO5. The van der Waals surface area contributed by atoms with E-state index in [-0.39, 0.29) is 18.5 Å². The summed E-state index contributed by atoms with van der Waals surface area (Å²) in [4.78, 5) is 24.6. The first-order valence-electron chi connectivity index (χ1n) is 31.8. The van der Waals surface area contributed by atoms with Gasteiger partial charge in [-0.3, -0.25) is 9.59 Å². The van der Waals surface area contributed by atoms with Crippen molar-refractivity contribution in [1.82, 2.24) is 5.32 Å². The average molecular weight is 999 g/mol. The third kappa shape index (κ3) is 57.2. The monoisotopic (exact) mass is 998 g/mol. The van der Waals surface area contributed by atoms with Crippen LogP contribution in [0.5, 0.6) is 0 Å². The van der Waals surface area contributed by atoms with Crippen molar-refractivity contribution in [2.75, 3.05) is 13.2 Å². The first kappa shape index (κ1) is 69.1. The van der Waals surface area contributed by atoms with Gasteiger partial charge in [0.25, 0.3) is 0 Å². The highest BCUT2D eigenvalue weighted by Crippen LogP contribution is 2.17. The summed E-state index contributed by atoms with van der Waals surface area (Å²) in [6.45, 7) is 4.89. The van der Waals surface area contributed by atoms with Crippen LogP contribution in [-0.4, -0.2) is 47.4 Å². The summed E-state index contributed by atoms with van der Waals surface area (Å²) < 4.78 is 5.49. The van der Waals surface area contributed by atoms with Gasteiger partial charge < -0.3 is 20.3 Å². The number of amides is 1. The maximum Gasteiger partial charge on any atom is 0.305 e. The van der Waals surface area contributed by atoms with E-state index in [0.29, 0.717) is 19.4 Å². The van der Waals surface area contributed by atoms with Crippen molar-refractivity contribution in [2.45, 2.75) is 353 Å². The van der Waals surface area contributed by atoms with Crippen LogP contribution in [0.25, 0.3) is 0 Å². The summed E-state index contributed by atoms with van der Waals surface area (Å²) in [5.74, 6) is -0.0701. The van der Waals surface area contributed by atoms with Gasteiger partial charge in [0.15, 0.2) is 0 Å². The molecule has 0 aliphatic carbocycles. The number of hydrogen-bond acceptors (Lipinski definition) is 5. The zero-order valence-electron chi connectivity index (χ0n) is 47.7. The van der Waals surface area contributed by atoms with Crippen LogP contribution in [0.2, 0.25) is 0 Å². The standard InChI is InChI=1S/C65H123NO5/c1-3-5-7-9-11-13-15-17-19-21-23-27-31-35-39-43-47-51-55-59-65(70)71-60-56-52-48-44-40-36-32-28-24-26-30-34-38-42-46-50-54-58-64(69)66-62(61-67)63(68)57-53-49-45-41-37-33-29-25-22-20-18-16-14-12-10-8-6-4-2/h11,13,17,19,53,57,62-63,67-68H,3-10,12,14-16,18,20-52,54-56,58-61H2,1-2H3,(H,66,69)/b13-11-,19-17-,57-53+. The molecular weight excluding hydrogens is 875 g/mol. The maximum absolute atomic E-state index is 12.5. The highest BCUT2D eigenvalue weighted by atomic mass is 16.5. The third-order valence-corrected chi connectivity index (χ3v) is 14.7. The Hall–Kier alpha value is -1.92. The zero-order chi connectivity index (χ0) is 51.4. The van der Waals surface area contributed by atoms with E-state index < -0.39 is 12.1 Å². The number of esters is 1. The van der Waals surface area contributed by atoms with Gasteiger partial charge in [0.05, 0.1) is 25.4 Å². The van der Waals surface area contributed by atoms with Gasteiger partial charge in [0.1, 0.15) is 0 Å². The Kier molecular flexibility index (Phi) is 59.0. The van der Waals surface area contributed by atoms with E-state index in [0.717, 1.165) is 51.4 Å². The molecule has 71 heavy (non-hydrogen) atoms. The van der Waals surface area contributed by atoms with E-state index in [1.54, 1.807) is 6.08 Å². The molecule has 0 rings (SSSR count). The topological polar surface area (TPSA) is 95.9 Å². The molecule has 3 N–H and O–H groups in total. The Morgan fingerprint density at radius 1 is 0.394 bits per heavy atom. The predicted octanol–water partition coefficient (Wildman–Crippen LogP) is 20.0. The minimum Gasteiger partial charge on any atom is -0.466 e. The quantitative estimate of drug-likeness (QED) is 0.0321. The number of carbonyl (C=O) groups excluding carboxylic acids is 2. The fourth-order valence-electron chi connectivity index (χ4n) is 9.78. The highest BCUT2D eigenvalue weighted by molar-refractivity contribution is 5.76. The lowest BCUT2D eigenvalue weighted by Gasteiger charge is -2.20. The molecule has 418 valence electrons. The minimum atomic E-state index is -0.849. The zero-order valence-corrected chi connectivity index (χ0v) is 47.7. The number of aliphatic hydroxyl groups excluding tert-OH is 2. The van der Waals surface area contributed by atoms with Gasteiger partial charge in [0.2, 0.25) is 5.91 Å². The summed E-state index contributed by atoms with van der Waals surface area (Å²) >= 11 is 0. The van der Waals surface area contributed by atoms with Crippen LogP contribution in [0.15, 0.2) is 36.5 Å². The van der Waals surface area contributed by atoms with Crippen molar-refractivity contribution in [3.8, 4) is 0 Å². The number of rotatable bonds is 59. The van der Waals surface area contributed by atoms with Crippen molar-refractivity contribution >= 4 is 11.9 Å². The van der Waals surface area contributed by atoms with Crippen molar-refractivity contribution < 1.29 is 24.5 Å². The first-order chi connectivity index (χ1) is 35.0. The average Bonchev–Trinajstić information content (AvgIpc) is 3.37. The lowest BCUT2D eigenvalue weighted by Crippen LogP contribution is -2.45. The van der Waals surface area contributed by atoms with E-state index in [1.807, 2.05) is 6.08 Å². The molecule has 0 aromatic rings. The molecule has 0 heterocycles. The third-order valence-electron chi connectivity index (χ3n) is 14.7. The highest BCUT2D eigenvalue weighted by Gasteiger charge is 2.18. The molecule has 0 fully saturated rings. The molecule has 0 aromatic carbocycles. The van der Waals surface area contributed by atoms with Gasteiger partial charge in [-0.15, -0.1) is 0 Å². The lowest BCUT2D eigenvalue weighted by atomic mass is 10.0. The number of allylic oxidation sites excluding steroid dienone is 5. The van der Waals surface area contributed by atoms with E-state index in [4.69, 9.17) is 4.74 Å². The first-order valence-corrected chi connectivity index (χ1v) is 31.8. The number of aliphatic hydroxyl groups is 2. The lowest BCUT2D eigenvalue weighted by molar-refractivity contribution is -0.143. The molecule has 0 aliphatic rings. The van der Waals surface area contributed by atoms with Gasteiger partial charge in [-0.25, -0.2) is 0 Å². The van der Waals surface area contributed by atoms with Crippen LogP contribution in [0.1, 0.15) is 341 Å². The predicted molar refractivity (Wildman–Crippen MR) is 310 cm³/mol. The summed E-state index contributed by atoms with van der Waals surface area (Å²) in [7, 11) is 0. The molecule has 6 nitrogen and oxygen atoms in total. The Labute approximate surface area is 443 Å². The summed E-state index contributed by atoms with van der Waals surface area (Å²) in [6, 6.07) is -0.633. The van der Waals surface area contributed by atoms with Gasteiger partial charge in [-0.1, -0.05) is 301 Å². The normalized spacial score (nSPS) is 12.8. The molecule has 0 saturated heterocycles. The maximum atomic E-state index is 12.5. The number of unbranched alkanes of at least 4 members (excludes halogenated alkanes) is 44. The largest absolute Gasteiger partial charge is 0.466 e.